The predicted octanol–water partition coefficient (Wildman–Crippen LogP) is 6.00. The van der Waals surface area contributed by atoms with Crippen LogP contribution < -0.4 is 0 Å². The maximum Gasteiger partial charge on any atom is 0.360 e. The van der Waals surface area contributed by atoms with E-state index in [9.17, 15) is 23.5 Å². The smallest absolute Gasteiger partial charge is 0.360 e. The molecule has 2 aliphatic rings. The molecule has 2 fully saturated rings. The summed E-state index contributed by atoms with van der Waals surface area (Å²) in [5, 5.41) is 24.8. The fraction of sp³-hybridized carbons (Fsp3) is 0.400. The Morgan fingerprint density at radius 3 is 1.64 bits per heavy atom. The van der Waals surface area contributed by atoms with Crippen LogP contribution in [-0.4, -0.2) is 53.6 Å². The number of benzene rings is 2. The number of carbonyl (C=O) groups is 2. The van der Waals surface area contributed by atoms with Gasteiger partial charge in [-0.15, -0.1) is 10.2 Å². The Hall–Kier alpha value is -4.48. The highest BCUT2D eigenvalue weighted by Crippen LogP contribution is 2.37. The van der Waals surface area contributed by atoms with E-state index < -0.39 is 17.8 Å². The molecular formula is C30H32F2N6O4. The molecule has 2 heterocycles. The number of carboxylic acids is 1. The minimum atomic E-state index is -1.12. The van der Waals surface area contributed by atoms with Crippen molar-refractivity contribution in [2.24, 2.45) is 0 Å². The van der Waals surface area contributed by atoms with Gasteiger partial charge in [0.15, 0.2) is 11.4 Å². The highest BCUT2D eigenvalue weighted by molar-refractivity contribution is 5.88. The number of nitrogens with zero attached hydrogens (tertiary/aromatic N) is 6. The second-order valence-electron chi connectivity index (χ2n) is 10.4. The molecule has 0 amide bonds. The van der Waals surface area contributed by atoms with Crippen LogP contribution in [0.1, 0.15) is 102 Å². The van der Waals surface area contributed by atoms with Crippen molar-refractivity contribution in [3.05, 3.63) is 82.9 Å². The summed E-state index contributed by atoms with van der Waals surface area (Å²) in [6.45, 7) is 2.02. The quantitative estimate of drug-likeness (QED) is 0.265. The van der Waals surface area contributed by atoms with Gasteiger partial charge in [-0.25, -0.2) is 27.7 Å². The number of hydrogen-bond donors (Lipinski definition) is 1. The predicted molar refractivity (Wildman–Crippen MR) is 148 cm³/mol. The molecule has 10 nitrogen and oxygen atoms in total. The zero-order valence-corrected chi connectivity index (χ0v) is 23.2. The summed E-state index contributed by atoms with van der Waals surface area (Å²) in [5.41, 5.74) is 1.88. The normalized spacial score (nSPS) is 15.4. The summed E-state index contributed by atoms with van der Waals surface area (Å²) in [4.78, 5) is 23.4. The zero-order valence-electron chi connectivity index (χ0n) is 23.2. The summed E-state index contributed by atoms with van der Waals surface area (Å²) in [7, 11) is 0. The summed E-state index contributed by atoms with van der Waals surface area (Å²) in [6.07, 6.45) is 7.97. The topological polar surface area (TPSA) is 125 Å². The average Bonchev–Trinajstić information content (AvgIpc) is 3.79. The molecule has 2 aromatic heterocycles. The van der Waals surface area contributed by atoms with Crippen LogP contribution in [0.2, 0.25) is 0 Å². The first kappa shape index (κ1) is 29.0. The lowest BCUT2D eigenvalue weighted by Gasteiger charge is -2.13. The number of halogens is 2. The monoisotopic (exact) mass is 578 g/mol. The molecule has 220 valence electrons. The minimum Gasteiger partial charge on any atom is -0.476 e. The molecule has 2 aliphatic carbocycles. The summed E-state index contributed by atoms with van der Waals surface area (Å²) >= 11 is 0. The Bertz CT molecular complexity index is 1560. The van der Waals surface area contributed by atoms with Gasteiger partial charge < -0.3 is 9.84 Å². The lowest BCUT2D eigenvalue weighted by atomic mass is 10.0. The molecule has 6 rings (SSSR count). The van der Waals surface area contributed by atoms with Crippen LogP contribution >= 0.6 is 0 Å². The van der Waals surface area contributed by atoms with Gasteiger partial charge in [0.05, 0.1) is 18.0 Å². The largest absolute Gasteiger partial charge is 0.476 e. The number of rotatable bonds is 7. The molecule has 0 radical (unpaired) electrons. The molecule has 4 aromatic rings. The van der Waals surface area contributed by atoms with Crippen LogP contribution in [0.25, 0.3) is 11.4 Å². The van der Waals surface area contributed by atoms with Crippen molar-refractivity contribution < 1.29 is 28.2 Å². The van der Waals surface area contributed by atoms with Gasteiger partial charge in [0, 0.05) is 11.8 Å². The molecule has 1 N–H and O–H groups in total. The van der Waals surface area contributed by atoms with Crippen molar-refractivity contribution >= 4 is 11.9 Å². The van der Waals surface area contributed by atoms with Gasteiger partial charge in [0.1, 0.15) is 23.0 Å². The third-order valence-electron chi connectivity index (χ3n) is 7.73. The van der Waals surface area contributed by atoms with Crippen molar-refractivity contribution in [1.82, 2.24) is 30.0 Å². The van der Waals surface area contributed by atoms with Gasteiger partial charge in [-0.05, 0) is 56.9 Å². The number of para-hydroxylation sites is 2. The number of carbonyl (C=O) groups excluding carboxylic acids is 1. The summed E-state index contributed by atoms with van der Waals surface area (Å²) in [6, 6.07) is 12.6. The Balaban J connectivity index is 0.000000169. The minimum absolute atomic E-state index is 0.0693. The number of esters is 1. The second kappa shape index (κ2) is 13.0. The van der Waals surface area contributed by atoms with Gasteiger partial charge in [0.25, 0.3) is 0 Å². The standard InChI is InChI=1S/C16H18FN3O2.C14H14FN3O2/c1-2-22-16(21)14-15(11-7-3-4-8-11)20(19-18-14)13-10-6-5-9-12(13)17;15-10-7-3-4-8-11(10)18-13(9-5-1-2-6-9)12(14(19)20)16-17-18/h5-6,9-11H,2-4,7-8H2,1H3;3-4,7-9H,1-2,5-6H2,(H,19,20). The molecule has 0 spiro atoms. The average molecular weight is 579 g/mol. The van der Waals surface area contributed by atoms with E-state index in [1.54, 1.807) is 43.3 Å². The van der Waals surface area contributed by atoms with Crippen molar-refractivity contribution in [2.75, 3.05) is 6.61 Å². The second-order valence-corrected chi connectivity index (χ2v) is 10.4. The first-order chi connectivity index (χ1) is 20.4. The fourth-order valence-corrected chi connectivity index (χ4v) is 5.81. The number of aromatic nitrogens is 6. The van der Waals surface area contributed by atoms with Gasteiger partial charge in [0.2, 0.25) is 0 Å². The Labute approximate surface area is 241 Å². The third-order valence-corrected chi connectivity index (χ3v) is 7.73. The van der Waals surface area contributed by atoms with Crippen LogP contribution in [0.15, 0.2) is 48.5 Å². The molecule has 0 aliphatic heterocycles. The van der Waals surface area contributed by atoms with Gasteiger partial charge in [-0.1, -0.05) is 60.4 Å². The number of ether oxygens (including phenoxy) is 1. The van der Waals surface area contributed by atoms with Crippen LogP contribution in [-0.2, 0) is 4.74 Å². The highest BCUT2D eigenvalue weighted by atomic mass is 19.1. The van der Waals surface area contributed by atoms with E-state index in [2.05, 4.69) is 20.6 Å². The SMILES string of the molecule is CCOC(=O)c1nnn(-c2ccccc2F)c1C1CCCC1.O=C(O)c1nnn(-c2ccccc2F)c1C1CCCC1. The number of hydrogen-bond acceptors (Lipinski definition) is 7. The maximum atomic E-state index is 14.1. The van der Waals surface area contributed by atoms with Crippen molar-refractivity contribution in [2.45, 2.75) is 70.1 Å². The van der Waals surface area contributed by atoms with Crippen LogP contribution in [0.3, 0.4) is 0 Å². The number of carboxylic acid groups (broad SMARTS) is 1. The van der Waals surface area contributed by atoms with Gasteiger partial charge >= 0.3 is 11.9 Å². The van der Waals surface area contributed by atoms with Crippen LogP contribution in [0.5, 0.6) is 0 Å². The Morgan fingerprint density at radius 2 is 1.21 bits per heavy atom. The maximum absolute atomic E-state index is 14.1. The molecular weight excluding hydrogens is 546 g/mol. The summed E-state index contributed by atoms with van der Waals surface area (Å²) < 4.78 is 35.9. The summed E-state index contributed by atoms with van der Waals surface area (Å²) in [5.74, 6) is -2.19. The molecule has 12 heteroatoms. The van der Waals surface area contributed by atoms with E-state index in [-0.39, 0.29) is 41.3 Å². The fourth-order valence-electron chi connectivity index (χ4n) is 5.81. The zero-order chi connectivity index (χ0) is 29.6. The molecule has 42 heavy (non-hydrogen) atoms. The van der Waals surface area contributed by atoms with E-state index in [0.29, 0.717) is 17.1 Å². The molecule has 0 atom stereocenters. The van der Waals surface area contributed by atoms with E-state index in [1.807, 2.05) is 0 Å². The van der Waals surface area contributed by atoms with Gasteiger partial charge in [-0.3, -0.25) is 0 Å². The van der Waals surface area contributed by atoms with E-state index in [4.69, 9.17) is 4.74 Å². The van der Waals surface area contributed by atoms with Crippen LogP contribution in [0, 0.1) is 11.6 Å². The van der Waals surface area contributed by atoms with Gasteiger partial charge in [-0.2, -0.15) is 0 Å². The van der Waals surface area contributed by atoms with E-state index in [0.717, 1.165) is 51.4 Å². The lowest BCUT2D eigenvalue weighted by molar-refractivity contribution is 0.0516. The first-order valence-electron chi connectivity index (χ1n) is 14.2. The molecule has 0 unspecified atom stereocenters. The highest BCUT2D eigenvalue weighted by Gasteiger charge is 2.31. The van der Waals surface area contributed by atoms with Crippen LogP contribution in [0.4, 0.5) is 8.78 Å². The Morgan fingerprint density at radius 1 is 0.786 bits per heavy atom. The van der Waals surface area contributed by atoms with E-state index >= 15 is 0 Å². The number of aromatic carboxylic acids is 1. The van der Waals surface area contributed by atoms with Crippen molar-refractivity contribution in [3.63, 3.8) is 0 Å². The Kier molecular flexibility index (Phi) is 8.99. The first-order valence-corrected chi connectivity index (χ1v) is 14.2. The molecule has 0 bridgehead atoms. The van der Waals surface area contributed by atoms with Crippen molar-refractivity contribution in [1.29, 1.82) is 0 Å². The van der Waals surface area contributed by atoms with E-state index in [1.165, 1.54) is 21.5 Å². The lowest BCUT2D eigenvalue weighted by Crippen LogP contribution is -2.13. The van der Waals surface area contributed by atoms with Crippen molar-refractivity contribution in [3.8, 4) is 11.4 Å². The third kappa shape index (κ3) is 5.93. The molecule has 2 saturated carbocycles. The molecule has 0 saturated heterocycles. The molecule has 2 aromatic carbocycles.